The van der Waals surface area contributed by atoms with E-state index in [9.17, 15) is 4.79 Å². The number of carbonyl (C=O) groups excluding carboxylic acids is 1. The fourth-order valence-corrected chi connectivity index (χ4v) is 5.38. The lowest BCUT2D eigenvalue weighted by Crippen LogP contribution is -2.43. The van der Waals surface area contributed by atoms with E-state index in [4.69, 9.17) is 5.73 Å². The molecule has 1 aromatic rings. The quantitative estimate of drug-likeness (QED) is 0.839. The Bertz CT molecular complexity index is 556. The van der Waals surface area contributed by atoms with Crippen molar-refractivity contribution in [1.29, 1.82) is 0 Å². The number of hydrogen-bond donors (Lipinski definition) is 2. The van der Waals surface area contributed by atoms with E-state index in [0.717, 1.165) is 34.9 Å². The van der Waals surface area contributed by atoms with E-state index in [1.165, 1.54) is 32.1 Å². The highest BCUT2D eigenvalue weighted by atomic mass is 16.1. The predicted octanol–water partition coefficient (Wildman–Crippen LogP) is 2.75. The van der Waals surface area contributed by atoms with Crippen LogP contribution < -0.4 is 11.1 Å². The molecule has 3 fully saturated rings. The monoisotopic (exact) mass is 284 g/mol. The molecule has 3 heteroatoms. The maximum atomic E-state index is 12.3. The first-order valence-corrected chi connectivity index (χ1v) is 8.34. The molecular weight excluding hydrogens is 260 g/mol. The van der Waals surface area contributed by atoms with Gasteiger partial charge in [-0.2, -0.15) is 0 Å². The fraction of sp³-hybridized carbons (Fsp3) is 0.611. The van der Waals surface area contributed by atoms with Crippen molar-refractivity contribution in [3.8, 4) is 0 Å². The summed E-state index contributed by atoms with van der Waals surface area (Å²) in [5, 5.41) is 3.31. The van der Waals surface area contributed by atoms with Gasteiger partial charge >= 0.3 is 0 Å². The number of rotatable bonds is 3. The number of carbonyl (C=O) groups is 1. The van der Waals surface area contributed by atoms with Gasteiger partial charge in [-0.3, -0.25) is 4.79 Å². The molecule has 0 aromatic heterocycles. The van der Waals surface area contributed by atoms with Crippen molar-refractivity contribution in [2.45, 2.75) is 44.6 Å². The van der Waals surface area contributed by atoms with Crippen LogP contribution in [-0.4, -0.2) is 11.9 Å². The van der Waals surface area contributed by atoms with Gasteiger partial charge in [0.15, 0.2) is 0 Å². The predicted molar refractivity (Wildman–Crippen MR) is 83.5 cm³/mol. The minimum Gasteiger partial charge on any atom is -0.399 e. The first-order chi connectivity index (χ1) is 10.2. The Morgan fingerprint density at radius 2 is 2.05 bits per heavy atom. The zero-order valence-corrected chi connectivity index (χ0v) is 12.4. The zero-order valence-electron chi connectivity index (χ0n) is 12.4. The highest BCUT2D eigenvalue weighted by Crippen LogP contribution is 2.58. The number of nitrogen functional groups attached to an aromatic ring is 1. The van der Waals surface area contributed by atoms with Gasteiger partial charge in [-0.1, -0.05) is 18.6 Å². The lowest BCUT2D eigenvalue weighted by atomic mass is 9.79. The summed E-state index contributed by atoms with van der Waals surface area (Å²) in [7, 11) is 0. The molecule has 3 N–H and O–H groups in total. The lowest BCUT2D eigenvalue weighted by molar-refractivity contribution is -0.121. The highest BCUT2D eigenvalue weighted by molar-refractivity contribution is 5.79. The second-order valence-corrected chi connectivity index (χ2v) is 7.25. The molecule has 2 bridgehead atoms. The van der Waals surface area contributed by atoms with Crippen LogP contribution in [0.25, 0.3) is 0 Å². The molecular formula is C18H24N2O. The Balaban J connectivity index is 1.37. The van der Waals surface area contributed by atoms with Gasteiger partial charge in [0.25, 0.3) is 0 Å². The highest BCUT2D eigenvalue weighted by Gasteiger charge is 2.53. The van der Waals surface area contributed by atoms with Crippen LogP contribution in [0.1, 0.15) is 37.7 Å². The molecule has 0 heterocycles. The minimum absolute atomic E-state index is 0.160. The van der Waals surface area contributed by atoms with Gasteiger partial charge in [-0.05, 0) is 67.1 Å². The zero-order chi connectivity index (χ0) is 14.4. The summed E-state index contributed by atoms with van der Waals surface area (Å²) >= 11 is 0. The molecule has 3 nitrogen and oxygen atoms in total. The van der Waals surface area contributed by atoms with Crippen molar-refractivity contribution in [2.24, 2.45) is 23.7 Å². The number of nitrogens with two attached hydrogens (primary N) is 1. The summed E-state index contributed by atoms with van der Waals surface area (Å²) in [6.45, 7) is 0. The topological polar surface area (TPSA) is 55.1 Å². The van der Waals surface area contributed by atoms with E-state index < -0.39 is 0 Å². The standard InChI is InChI=1S/C18H24N2O/c19-13-4-1-3-11(7-13)8-18(21)20-17-10-12-9-16(17)15-6-2-5-14(12)15/h1,3-4,7,12,14-17H,2,5-6,8-10,19H2,(H,20,21)/t12-,14-,15-,16+,17-/m1/s1. The molecule has 1 amide bonds. The van der Waals surface area contributed by atoms with E-state index >= 15 is 0 Å². The van der Waals surface area contributed by atoms with Crippen molar-refractivity contribution in [3.63, 3.8) is 0 Å². The summed E-state index contributed by atoms with van der Waals surface area (Å²) < 4.78 is 0. The average Bonchev–Trinajstić information content (AvgIpc) is 3.09. The molecule has 1 aromatic carbocycles. The van der Waals surface area contributed by atoms with E-state index in [-0.39, 0.29) is 5.91 Å². The van der Waals surface area contributed by atoms with Gasteiger partial charge in [0.1, 0.15) is 0 Å². The van der Waals surface area contributed by atoms with E-state index in [0.29, 0.717) is 12.5 Å². The smallest absolute Gasteiger partial charge is 0.224 e. The van der Waals surface area contributed by atoms with Gasteiger partial charge in [0.05, 0.1) is 6.42 Å². The van der Waals surface area contributed by atoms with Crippen LogP contribution >= 0.6 is 0 Å². The van der Waals surface area contributed by atoms with E-state index in [2.05, 4.69) is 5.32 Å². The molecule has 0 spiro atoms. The Kier molecular flexibility index (Phi) is 3.16. The number of anilines is 1. The summed E-state index contributed by atoms with van der Waals surface area (Å²) in [6.07, 6.45) is 7.27. The van der Waals surface area contributed by atoms with Gasteiger partial charge in [-0.15, -0.1) is 0 Å². The van der Waals surface area contributed by atoms with E-state index in [1.54, 1.807) is 0 Å². The maximum absolute atomic E-state index is 12.3. The van der Waals surface area contributed by atoms with Crippen LogP contribution in [0.15, 0.2) is 24.3 Å². The molecule has 4 rings (SSSR count). The van der Waals surface area contributed by atoms with Gasteiger partial charge in [-0.25, -0.2) is 0 Å². The molecule has 112 valence electrons. The van der Waals surface area contributed by atoms with E-state index in [1.807, 2.05) is 24.3 Å². The largest absolute Gasteiger partial charge is 0.399 e. The Labute approximate surface area is 126 Å². The van der Waals surface area contributed by atoms with Crippen LogP contribution in [0.4, 0.5) is 5.69 Å². The summed E-state index contributed by atoms with van der Waals surface area (Å²) in [4.78, 5) is 12.3. The number of hydrogen-bond acceptors (Lipinski definition) is 2. The van der Waals surface area contributed by atoms with Crippen LogP contribution in [0.5, 0.6) is 0 Å². The molecule has 3 aliphatic carbocycles. The third-order valence-electron chi connectivity index (χ3n) is 6.09. The van der Waals surface area contributed by atoms with Crippen molar-refractivity contribution >= 4 is 11.6 Å². The summed E-state index contributed by atoms with van der Waals surface area (Å²) in [6, 6.07) is 8.08. The number of amides is 1. The first-order valence-electron chi connectivity index (χ1n) is 8.34. The molecule has 0 unspecified atom stereocenters. The molecule has 5 atom stereocenters. The molecule has 0 radical (unpaired) electrons. The Morgan fingerprint density at radius 1 is 1.19 bits per heavy atom. The van der Waals surface area contributed by atoms with Crippen LogP contribution in [-0.2, 0) is 11.2 Å². The molecule has 3 saturated carbocycles. The number of fused-ring (bicyclic) bond motifs is 5. The normalized spacial score (nSPS) is 36.7. The SMILES string of the molecule is Nc1cccc(CC(=O)N[C@@H]2C[C@H]3C[C@H]2[C@@H]2CCC[C@H]32)c1. The van der Waals surface area contributed by atoms with Crippen LogP contribution in [0, 0.1) is 23.7 Å². The first kappa shape index (κ1) is 13.2. The lowest BCUT2D eigenvalue weighted by Gasteiger charge is -2.32. The summed E-state index contributed by atoms with van der Waals surface area (Å²) in [5.74, 6) is 3.69. The minimum atomic E-state index is 0.160. The van der Waals surface area contributed by atoms with Crippen molar-refractivity contribution in [2.75, 3.05) is 5.73 Å². The maximum Gasteiger partial charge on any atom is 0.224 e. The van der Waals surface area contributed by atoms with Gasteiger partial charge < -0.3 is 11.1 Å². The number of benzene rings is 1. The molecule has 0 aliphatic heterocycles. The van der Waals surface area contributed by atoms with Crippen molar-refractivity contribution < 1.29 is 4.79 Å². The molecule has 21 heavy (non-hydrogen) atoms. The van der Waals surface area contributed by atoms with Gasteiger partial charge in [0, 0.05) is 11.7 Å². The van der Waals surface area contributed by atoms with Crippen molar-refractivity contribution in [3.05, 3.63) is 29.8 Å². The second kappa shape index (κ2) is 5.04. The third-order valence-corrected chi connectivity index (χ3v) is 6.09. The van der Waals surface area contributed by atoms with Crippen LogP contribution in [0.3, 0.4) is 0 Å². The average molecular weight is 284 g/mol. The van der Waals surface area contributed by atoms with Crippen molar-refractivity contribution in [1.82, 2.24) is 5.32 Å². The fourth-order valence-electron chi connectivity index (χ4n) is 5.38. The molecule has 3 aliphatic rings. The third kappa shape index (κ3) is 2.33. The Morgan fingerprint density at radius 3 is 2.90 bits per heavy atom. The second-order valence-electron chi connectivity index (χ2n) is 7.25. The molecule has 0 saturated heterocycles. The Hall–Kier alpha value is -1.51. The number of nitrogens with one attached hydrogen (secondary N) is 1. The summed E-state index contributed by atoms with van der Waals surface area (Å²) in [5.41, 5.74) is 7.51. The van der Waals surface area contributed by atoms with Crippen LogP contribution in [0.2, 0.25) is 0 Å². The van der Waals surface area contributed by atoms with Gasteiger partial charge in [0.2, 0.25) is 5.91 Å².